The summed E-state index contributed by atoms with van der Waals surface area (Å²) in [5, 5.41) is 0.703. The number of nitrogens with zero attached hydrogens (tertiary/aromatic N) is 2. The Morgan fingerprint density at radius 2 is 1.97 bits per heavy atom. The Morgan fingerprint density at radius 1 is 1.13 bits per heavy atom. The lowest BCUT2D eigenvalue weighted by Crippen LogP contribution is -2.37. The fourth-order valence-corrected chi connectivity index (χ4v) is 5.20. The number of benzene rings is 2. The summed E-state index contributed by atoms with van der Waals surface area (Å²) in [4.78, 5) is 20.2. The molecule has 30 heavy (non-hydrogen) atoms. The molecule has 1 aromatic heterocycles. The third-order valence-corrected chi connectivity index (χ3v) is 6.52. The number of carbonyl (C=O) groups is 1. The number of aryl methyl sites for hydroxylation is 2. The van der Waals surface area contributed by atoms with Crippen LogP contribution >= 0.6 is 11.3 Å². The molecule has 1 amide bonds. The number of carbonyl (C=O) groups excluding carboxylic acids is 1. The molecule has 0 aliphatic carbocycles. The maximum absolute atomic E-state index is 13.6. The lowest BCUT2D eigenvalue weighted by molar-refractivity contribution is 0.0916. The maximum Gasteiger partial charge on any atom is 0.260 e. The highest BCUT2D eigenvalue weighted by atomic mass is 32.1. The van der Waals surface area contributed by atoms with Gasteiger partial charge in [0.2, 0.25) is 0 Å². The molecule has 6 nitrogen and oxygen atoms in total. The number of aromatic nitrogens is 1. The number of rotatable bonds is 4. The first-order valence-electron chi connectivity index (χ1n) is 10.3. The van der Waals surface area contributed by atoms with Crippen molar-refractivity contribution in [3.63, 3.8) is 0 Å². The fraction of sp³-hybridized carbons (Fsp3) is 0.391. The first-order valence-corrected chi connectivity index (χ1v) is 11.1. The first kappa shape index (κ1) is 19.3. The van der Waals surface area contributed by atoms with Gasteiger partial charge in [-0.1, -0.05) is 17.4 Å². The second-order valence-corrected chi connectivity index (χ2v) is 8.84. The van der Waals surface area contributed by atoms with Crippen molar-refractivity contribution in [2.45, 2.75) is 32.8 Å². The molecule has 0 radical (unpaired) electrons. The number of hydrogen-bond acceptors (Lipinski definition) is 6. The molecule has 1 unspecified atom stereocenters. The van der Waals surface area contributed by atoms with Crippen molar-refractivity contribution in [1.82, 2.24) is 4.98 Å². The summed E-state index contributed by atoms with van der Waals surface area (Å²) in [5.74, 6) is 1.19. The van der Waals surface area contributed by atoms with Crippen molar-refractivity contribution in [3.05, 3.63) is 47.0 Å². The highest BCUT2D eigenvalue weighted by molar-refractivity contribution is 7.22. The van der Waals surface area contributed by atoms with Crippen LogP contribution < -0.4 is 14.4 Å². The number of amides is 1. The molecule has 1 fully saturated rings. The van der Waals surface area contributed by atoms with E-state index in [0.717, 1.165) is 35.2 Å². The SMILES string of the molecule is Cc1cc(C)c2nc(N(CC3CCCO3)C(=O)c3ccc4c(c3)OCCO4)sc2c1. The van der Waals surface area contributed by atoms with Crippen molar-refractivity contribution in [2.24, 2.45) is 0 Å². The molecule has 156 valence electrons. The van der Waals surface area contributed by atoms with Gasteiger partial charge in [0, 0.05) is 12.2 Å². The lowest BCUT2D eigenvalue weighted by Gasteiger charge is -2.24. The molecule has 0 saturated carbocycles. The van der Waals surface area contributed by atoms with Gasteiger partial charge in [0.1, 0.15) is 13.2 Å². The van der Waals surface area contributed by atoms with E-state index >= 15 is 0 Å². The number of anilines is 1. The summed E-state index contributed by atoms with van der Waals surface area (Å²) in [6.45, 7) is 6.39. The fourth-order valence-electron chi connectivity index (χ4n) is 4.05. The molecule has 2 aliphatic rings. The van der Waals surface area contributed by atoms with E-state index in [1.54, 1.807) is 34.4 Å². The predicted octanol–water partition coefficient (Wildman–Crippen LogP) is 4.51. The molecule has 5 rings (SSSR count). The topological polar surface area (TPSA) is 60.9 Å². The minimum Gasteiger partial charge on any atom is -0.486 e. The van der Waals surface area contributed by atoms with Gasteiger partial charge in [0.05, 0.1) is 22.9 Å². The Bertz CT molecular complexity index is 1100. The highest BCUT2D eigenvalue weighted by Crippen LogP contribution is 2.35. The van der Waals surface area contributed by atoms with E-state index in [1.807, 2.05) is 0 Å². The van der Waals surface area contributed by atoms with E-state index in [4.69, 9.17) is 19.2 Å². The molecule has 3 heterocycles. The quantitative estimate of drug-likeness (QED) is 0.617. The van der Waals surface area contributed by atoms with Gasteiger partial charge in [0.25, 0.3) is 5.91 Å². The average Bonchev–Trinajstić information content (AvgIpc) is 3.41. The summed E-state index contributed by atoms with van der Waals surface area (Å²) in [6.07, 6.45) is 2.00. The van der Waals surface area contributed by atoms with Crippen LogP contribution in [0.1, 0.15) is 34.3 Å². The van der Waals surface area contributed by atoms with Gasteiger partial charge in [0.15, 0.2) is 16.6 Å². The predicted molar refractivity (Wildman–Crippen MR) is 117 cm³/mol. The van der Waals surface area contributed by atoms with Crippen LogP contribution in [0.2, 0.25) is 0 Å². The van der Waals surface area contributed by atoms with Crippen molar-refractivity contribution in [1.29, 1.82) is 0 Å². The van der Waals surface area contributed by atoms with Crippen molar-refractivity contribution >= 4 is 32.6 Å². The van der Waals surface area contributed by atoms with E-state index in [9.17, 15) is 4.79 Å². The second kappa shape index (κ2) is 7.89. The normalized spacial score (nSPS) is 18.0. The number of thiazole rings is 1. The van der Waals surface area contributed by atoms with Crippen molar-refractivity contribution in [3.8, 4) is 11.5 Å². The van der Waals surface area contributed by atoms with E-state index in [1.165, 1.54) is 5.56 Å². The number of fused-ring (bicyclic) bond motifs is 2. The molecule has 0 N–H and O–H groups in total. The van der Waals surface area contributed by atoms with Gasteiger partial charge in [-0.3, -0.25) is 9.69 Å². The zero-order valence-corrected chi connectivity index (χ0v) is 18.0. The molecule has 3 aromatic rings. The van der Waals surface area contributed by atoms with E-state index in [0.29, 0.717) is 42.0 Å². The Labute approximate surface area is 179 Å². The third-order valence-electron chi connectivity index (χ3n) is 5.49. The van der Waals surface area contributed by atoms with Crippen LogP contribution in [0.25, 0.3) is 10.2 Å². The summed E-state index contributed by atoms with van der Waals surface area (Å²) in [6, 6.07) is 9.61. The summed E-state index contributed by atoms with van der Waals surface area (Å²) in [7, 11) is 0. The molecule has 2 aliphatic heterocycles. The second-order valence-electron chi connectivity index (χ2n) is 7.83. The zero-order valence-electron chi connectivity index (χ0n) is 17.1. The van der Waals surface area contributed by atoms with E-state index in [2.05, 4.69) is 26.0 Å². The highest BCUT2D eigenvalue weighted by Gasteiger charge is 2.28. The number of ether oxygens (including phenoxy) is 3. The molecule has 2 aromatic carbocycles. The Kier molecular flexibility index (Phi) is 5.08. The smallest absolute Gasteiger partial charge is 0.260 e. The summed E-state index contributed by atoms with van der Waals surface area (Å²) in [5.41, 5.74) is 3.83. The van der Waals surface area contributed by atoms with Crippen LogP contribution in [0, 0.1) is 13.8 Å². The minimum atomic E-state index is -0.101. The Morgan fingerprint density at radius 3 is 2.77 bits per heavy atom. The van der Waals surface area contributed by atoms with E-state index in [-0.39, 0.29) is 12.0 Å². The molecule has 7 heteroatoms. The summed E-state index contributed by atoms with van der Waals surface area (Å²) < 4.78 is 18.2. The van der Waals surface area contributed by atoms with Gasteiger partial charge in [-0.15, -0.1) is 0 Å². The van der Waals surface area contributed by atoms with Gasteiger partial charge in [-0.05, 0) is 62.1 Å². The lowest BCUT2D eigenvalue weighted by atomic mass is 10.1. The summed E-state index contributed by atoms with van der Waals surface area (Å²) >= 11 is 1.55. The number of hydrogen-bond donors (Lipinski definition) is 0. The van der Waals surface area contributed by atoms with Crippen LogP contribution in [0.15, 0.2) is 30.3 Å². The molecule has 1 saturated heterocycles. The monoisotopic (exact) mass is 424 g/mol. The van der Waals surface area contributed by atoms with Gasteiger partial charge in [-0.25, -0.2) is 4.98 Å². The third kappa shape index (κ3) is 3.63. The van der Waals surface area contributed by atoms with Gasteiger partial charge >= 0.3 is 0 Å². The standard InChI is InChI=1S/C23H24N2O4S/c1-14-10-15(2)21-20(11-14)30-23(24-21)25(13-17-4-3-7-27-17)22(26)16-5-6-18-19(12-16)29-9-8-28-18/h5-6,10-12,17H,3-4,7-9,13H2,1-2H3. The Hall–Kier alpha value is -2.64. The van der Waals surface area contributed by atoms with Crippen molar-refractivity contribution in [2.75, 3.05) is 31.3 Å². The molecule has 1 atom stereocenters. The minimum absolute atomic E-state index is 0.0287. The van der Waals surface area contributed by atoms with Gasteiger partial charge in [-0.2, -0.15) is 0 Å². The van der Waals surface area contributed by atoms with Crippen LogP contribution in [0.5, 0.6) is 11.5 Å². The molecule has 0 spiro atoms. The van der Waals surface area contributed by atoms with Crippen LogP contribution in [0.3, 0.4) is 0 Å². The van der Waals surface area contributed by atoms with Gasteiger partial charge < -0.3 is 14.2 Å². The maximum atomic E-state index is 13.6. The Balaban J connectivity index is 1.53. The van der Waals surface area contributed by atoms with E-state index < -0.39 is 0 Å². The van der Waals surface area contributed by atoms with Crippen LogP contribution in [0.4, 0.5) is 5.13 Å². The molecule has 0 bridgehead atoms. The van der Waals surface area contributed by atoms with Crippen molar-refractivity contribution < 1.29 is 19.0 Å². The molecular weight excluding hydrogens is 400 g/mol. The van der Waals surface area contributed by atoms with Crippen LogP contribution in [-0.4, -0.2) is 43.4 Å². The average molecular weight is 425 g/mol. The first-order chi connectivity index (χ1) is 14.6. The van der Waals surface area contributed by atoms with Crippen LogP contribution in [-0.2, 0) is 4.74 Å². The zero-order chi connectivity index (χ0) is 20.7. The largest absolute Gasteiger partial charge is 0.486 e. The molecular formula is C23H24N2O4S.